The van der Waals surface area contributed by atoms with Gasteiger partial charge in [0.1, 0.15) is 13.2 Å². The van der Waals surface area contributed by atoms with Crippen molar-refractivity contribution < 1.29 is 28.9 Å². The van der Waals surface area contributed by atoms with Gasteiger partial charge in [-0.15, -0.1) is 0 Å². The smallest absolute Gasteiger partial charge is 0.306 e. The van der Waals surface area contributed by atoms with Crippen LogP contribution in [0.3, 0.4) is 0 Å². The Morgan fingerprint density at radius 3 is 2.76 bits per heavy atom. The fourth-order valence-corrected chi connectivity index (χ4v) is 3.60. The van der Waals surface area contributed by atoms with Crippen LogP contribution in [0, 0.1) is 5.92 Å². The monoisotopic (exact) mass is 347 g/mol. The van der Waals surface area contributed by atoms with Crippen molar-refractivity contribution >= 4 is 11.9 Å². The third-order valence-corrected chi connectivity index (χ3v) is 4.95. The number of carbonyl (C=O) groups is 2. The number of hydrogen-bond donors (Lipinski definition) is 1. The summed E-state index contributed by atoms with van der Waals surface area (Å²) in [5.74, 6) is 0.853. The SMILES string of the molecule is O=C(O)C[C@@H]1CN(C(=O)[C@@H]2C[C@@H]2c2ccc3c(c2)OCCO3)CCO1. The number of amides is 1. The Hall–Kier alpha value is -2.28. The second kappa shape index (κ2) is 6.55. The molecule has 0 unspecified atom stereocenters. The standard InChI is InChI=1S/C18H21NO6/c20-17(21)8-12-10-19(3-4-23-12)18(22)14-9-13(14)11-1-2-15-16(7-11)25-6-5-24-15/h1-2,7,12-14H,3-6,8-10H2,(H,20,21)/t12-,13-,14-/m1/s1. The lowest BCUT2D eigenvalue weighted by Crippen LogP contribution is -2.47. The lowest BCUT2D eigenvalue weighted by atomic mass is 10.1. The van der Waals surface area contributed by atoms with E-state index < -0.39 is 12.1 Å². The minimum atomic E-state index is -0.903. The van der Waals surface area contributed by atoms with E-state index in [1.807, 2.05) is 18.2 Å². The number of hydrogen-bond acceptors (Lipinski definition) is 5. The minimum Gasteiger partial charge on any atom is -0.486 e. The largest absolute Gasteiger partial charge is 0.486 e. The Bertz CT molecular complexity index is 690. The number of fused-ring (bicyclic) bond motifs is 1. The highest BCUT2D eigenvalue weighted by molar-refractivity contribution is 5.83. The van der Waals surface area contributed by atoms with Gasteiger partial charge in [0.2, 0.25) is 5.91 Å². The van der Waals surface area contributed by atoms with E-state index >= 15 is 0 Å². The zero-order chi connectivity index (χ0) is 17.4. The highest BCUT2D eigenvalue weighted by Crippen LogP contribution is 2.50. The molecular weight excluding hydrogens is 326 g/mol. The van der Waals surface area contributed by atoms with Crippen LogP contribution in [0.4, 0.5) is 0 Å². The van der Waals surface area contributed by atoms with Gasteiger partial charge in [-0.2, -0.15) is 0 Å². The quantitative estimate of drug-likeness (QED) is 0.883. The molecule has 0 radical (unpaired) electrons. The van der Waals surface area contributed by atoms with Crippen molar-refractivity contribution in [3.05, 3.63) is 23.8 Å². The summed E-state index contributed by atoms with van der Waals surface area (Å²) in [5.41, 5.74) is 1.10. The average molecular weight is 347 g/mol. The van der Waals surface area contributed by atoms with Gasteiger partial charge in [0.15, 0.2) is 11.5 Å². The van der Waals surface area contributed by atoms with E-state index in [1.165, 1.54) is 0 Å². The van der Waals surface area contributed by atoms with Gasteiger partial charge in [0, 0.05) is 19.0 Å². The number of carboxylic acids is 1. The second-order valence-electron chi connectivity index (χ2n) is 6.73. The maximum absolute atomic E-state index is 12.7. The summed E-state index contributed by atoms with van der Waals surface area (Å²) < 4.78 is 16.6. The highest BCUT2D eigenvalue weighted by atomic mass is 16.6. The van der Waals surface area contributed by atoms with E-state index in [0.717, 1.165) is 23.5 Å². The second-order valence-corrected chi connectivity index (χ2v) is 6.73. The summed E-state index contributed by atoms with van der Waals surface area (Å²) in [7, 11) is 0. The number of aliphatic carboxylic acids is 1. The van der Waals surface area contributed by atoms with Gasteiger partial charge in [-0.3, -0.25) is 9.59 Å². The molecule has 0 bridgehead atoms. The number of carbonyl (C=O) groups excluding carboxylic acids is 1. The van der Waals surface area contributed by atoms with Gasteiger partial charge in [-0.05, 0) is 30.0 Å². The lowest BCUT2D eigenvalue weighted by Gasteiger charge is -2.32. The molecular formula is C18H21NO6. The van der Waals surface area contributed by atoms with Gasteiger partial charge in [0.05, 0.1) is 19.1 Å². The van der Waals surface area contributed by atoms with Gasteiger partial charge in [-0.1, -0.05) is 6.07 Å². The zero-order valence-corrected chi connectivity index (χ0v) is 13.8. The number of benzene rings is 1. The number of morpholine rings is 1. The molecule has 7 nitrogen and oxygen atoms in total. The van der Waals surface area contributed by atoms with E-state index in [1.54, 1.807) is 4.90 Å². The molecule has 1 aromatic rings. The number of ether oxygens (including phenoxy) is 3. The molecule has 1 amide bonds. The Morgan fingerprint density at radius 1 is 1.16 bits per heavy atom. The van der Waals surface area contributed by atoms with Gasteiger partial charge >= 0.3 is 5.97 Å². The fourth-order valence-electron chi connectivity index (χ4n) is 3.60. The molecule has 3 atom stereocenters. The van der Waals surface area contributed by atoms with Crippen molar-refractivity contribution in [1.29, 1.82) is 0 Å². The van der Waals surface area contributed by atoms with Crippen LogP contribution in [0.25, 0.3) is 0 Å². The minimum absolute atomic E-state index is 0.0360. The Kier molecular flexibility index (Phi) is 4.25. The maximum atomic E-state index is 12.7. The van der Waals surface area contributed by atoms with Crippen LogP contribution >= 0.6 is 0 Å². The molecule has 134 valence electrons. The summed E-state index contributed by atoms with van der Waals surface area (Å²) in [4.78, 5) is 25.3. The molecule has 1 saturated carbocycles. The molecule has 0 spiro atoms. The van der Waals surface area contributed by atoms with Crippen LogP contribution < -0.4 is 9.47 Å². The molecule has 2 aliphatic heterocycles. The van der Waals surface area contributed by atoms with Crippen LogP contribution in [-0.2, 0) is 14.3 Å². The molecule has 4 rings (SSSR count). The Labute approximate surface area is 145 Å². The topological polar surface area (TPSA) is 85.3 Å². The molecule has 25 heavy (non-hydrogen) atoms. The van der Waals surface area contributed by atoms with E-state index in [2.05, 4.69) is 0 Å². The predicted octanol–water partition coefficient (Wildman–Crippen LogP) is 1.26. The molecule has 1 saturated heterocycles. The highest BCUT2D eigenvalue weighted by Gasteiger charge is 2.46. The molecule has 1 aliphatic carbocycles. The summed E-state index contributed by atoms with van der Waals surface area (Å²) in [6, 6.07) is 5.87. The molecule has 3 aliphatic rings. The van der Waals surface area contributed by atoms with Crippen LogP contribution in [0.15, 0.2) is 18.2 Å². The van der Waals surface area contributed by atoms with E-state index in [-0.39, 0.29) is 24.2 Å². The first-order chi connectivity index (χ1) is 12.1. The third kappa shape index (κ3) is 3.42. The number of carboxylic acid groups (broad SMARTS) is 1. The van der Waals surface area contributed by atoms with E-state index in [0.29, 0.717) is 32.9 Å². The van der Waals surface area contributed by atoms with E-state index in [4.69, 9.17) is 19.3 Å². The normalized spacial score (nSPS) is 27.7. The molecule has 1 aromatic carbocycles. The third-order valence-electron chi connectivity index (χ3n) is 4.95. The van der Waals surface area contributed by atoms with Crippen molar-refractivity contribution in [2.45, 2.75) is 24.9 Å². The zero-order valence-electron chi connectivity index (χ0n) is 13.8. The Balaban J connectivity index is 1.39. The summed E-state index contributed by atoms with van der Waals surface area (Å²) in [5, 5.41) is 8.89. The molecule has 2 heterocycles. The first kappa shape index (κ1) is 16.2. The number of nitrogens with zero attached hydrogens (tertiary/aromatic N) is 1. The number of rotatable bonds is 4. The summed E-state index contributed by atoms with van der Waals surface area (Å²) in [6.45, 7) is 2.38. The molecule has 1 N–H and O–H groups in total. The van der Waals surface area contributed by atoms with Crippen LogP contribution in [0.1, 0.15) is 24.3 Å². The van der Waals surface area contributed by atoms with E-state index in [9.17, 15) is 9.59 Å². The molecule has 7 heteroatoms. The first-order valence-electron chi connectivity index (χ1n) is 8.63. The molecule has 2 fully saturated rings. The first-order valence-corrected chi connectivity index (χ1v) is 8.63. The molecule has 0 aromatic heterocycles. The van der Waals surface area contributed by atoms with Crippen LogP contribution in [0.2, 0.25) is 0 Å². The fraction of sp³-hybridized carbons (Fsp3) is 0.556. The lowest BCUT2D eigenvalue weighted by molar-refractivity contribution is -0.148. The van der Waals surface area contributed by atoms with Crippen molar-refractivity contribution in [3.63, 3.8) is 0 Å². The average Bonchev–Trinajstić information content (AvgIpc) is 3.41. The van der Waals surface area contributed by atoms with Gasteiger partial charge < -0.3 is 24.2 Å². The maximum Gasteiger partial charge on any atom is 0.306 e. The Morgan fingerprint density at radius 2 is 1.96 bits per heavy atom. The van der Waals surface area contributed by atoms with Crippen LogP contribution in [-0.4, -0.2) is 60.9 Å². The van der Waals surface area contributed by atoms with Gasteiger partial charge in [-0.25, -0.2) is 0 Å². The van der Waals surface area contributed by atoms with Crippen molar-refractivity contribution in [1.82, 2.24) is 4.90 Å². The van der Waals surface area contributed by atoms with Crippen molar-refractivity contribution in [2.75, 3.05) is 32.9 Å². The van der Waals surface area contributed by atoms with Crippen molar-refractivity contribution in [3.8, 4) is 11.5 Å². The van der Waals surface area contributed by atoms with Crippen molar-refractivity contribution in [2.24, 2.45) is 5.92 Å². The summed E-state index contributed by atoms with van der Waals surface area (Å²) >= 11 is 0. The van der Waals surface area contributed by atoms with Crippen LogP contribution in [0.5, 0.6) is 11.5 Å². The van der Waals surface area contributed by atoms with Gasteiger partial charge in [0.25, 0.3) is 0 Å². The summed E-state index contributed by atoms with van der Waals surface area (Å²) in [6.07, 6.45) is 0.334. The predicted molar refractivity (Wildman–Crippen MR) is 86.9 cm³/mol.